The molecule has 21 heavy (non-hydrogen) atoms. The first-order valence-electron chi connectivity index (χ1n) is 6.59. The van der Waals surface area contributed by atoms with Gasteiger partial charge >= 0.3 is 0 Å². The molecule has 1 aliphatic heterocycles. The molecule has 0 amide bonds. The normalized spacial score (nSPS) is 37.0. The number of aromatic nitrogens is 1. The van der Waals surface area contributed by atoms with Crippen molar-refractivity contribution < 1.29 is 30.3 Å². The molecule has 2 heterocycles. The van der Waals surface area contributed by atoms with E-state index in [2.05, 4.69) is 4.98 Å². The second kappa shape index (κ2) is 5.06. The van der Waals surface area contributed by atoms with Gasteiger partial charge in [0.2, 0.25) is 0 Å². The molecule has 5 atom stereocenters. The molecule has 0 unspecified atom stereocenters. The van der Waals surface area contributed by atoms with Gasteiger partial charge in [-0.05, 0) is 6.07 Å². The SMILES string of the molecule is OC[C@H]1O[C@H](O)[C@H](O)[C@](O)(c2c[nH]c3ccccc23)[C@@H]1O. The number of H-pyrrole nitrogens is 1. The van der Waals surface area contributed by atoms with Crippen LogP contribution >= 0.6 is 0 Å². The number of aliphatic hydroxyl groups is 5. The summed E-state index contributed by atoms with van der Waals surface area (Å²) >= 11 is 0. The number of rotatable bonds is 2. The molecule has 3 rings (SSSR count). The second-order valence-electron chi connectivity index (χ2n) is 5.21. The van der Waals surface area contributed by atoms with Gasteiger partial charge in [-0.25, -0.2) is 0 Å². The summed E-state index contributed by atoms with van der Waals surface area (Å²) in [4.78, 5) is 2.93. The number of aliphatic hydroxyl groups excluding tert-OH is 4. The summed E-state index contributed by atoms with van der Waals surface area (Å²) in [7, 11) is 0. The molecule has 2 aromatic rings. The van der Waals surface area contributed by atoms with E-state index in [-0.39, 0.29) is 5.56 Å². The molecule has 0 radical (unpaired) electrons. The fraction of sp³-hybridized carbons (Fsp3) is 0.429. The van der Waals surface area contributed by atoms with Gasteiger partial charge in [-0.15, -0.1) is 0 Å². The van der Waals surface area contributed by atoms with E-state index < -0.39 is 36.8 Å². The molecule has 0 spiro atoms. The minimum absolute atomic E-state index is 0.235. The van der Waals surface area contributed by atoms with Gasteiger partial charge in [0.15, 0.2) is 11.9 Å². The molecule has 6 N–H and O–H groups in total. The highest BCUT2D eigenvalue weighted by molar-refractivity contribution is 5.84. The van der Waals surface area contributed by atoms with E-state index in [0.29, 0.717) is 10.9 Å². The first-order chi connectivity index (χ1) is 10.00. The van der Waals surface area contributed by atoms with Gasteiger partial charge in [-0.1, -0.05) is 18.2 Å². The van der Waals surface area contributed by atoms with Gasteiger partial charge in [0.1, 0.15) is 18.3 Å². The van der Waals surface area contributed by atoms with Gasteiger partial charge in [-0.2, -0.15) is 0 Å². The number of hydrogen-bond acceptors (Lipinski definition) is 6. The minimum atomic E-state index is -2.16. The Morgan fingerprint density at radius 2 is 1.86 bits per heavy atom. The van der Waals surface area contributed by atoms with E-state index in [1.165, 1.54) is 6.20 Å². The zero-order valence-electron chi connectivity index (χ0n) is 11.0. The number of benzene rings is 1. The van der Waals surface area contributed by atoms with E-state index in [4.69, 9.17) is 4.74 Å². The van der Waals surface area contributed by atoms with Crippen LogP contribution in [-0.4, -0.2) is 61.7 Å². The molecular weight excluding hydrogens is 278 g/mol. The lowest BCUT2D eigenvalue weighted by molar-refractivity contribution is -0.326. The van der Waals surface area contributed by atoms with Gasteiger partial charge < -0.3 is 35.3 Å². The van der Waals surface area contributed by atoms with E-state index >= 15 is 0 Å². The quantitative estimate of drug-likeness (QED) is 0.413. The molecule has 7 nitrogen and oxygen atoms in total. The van der Waals surface area contributed by atoms with Gasteiger partial charge in [0, 0.05) is 22.7 Å². The third kappa shape index (κ3) is 1.98. The maximum Gasteiger partial charge on any atom is 0.184 e. The Bertz CT molecular complexity index is 643. The van der Waals surface area contributed by atoms with Gasteiger partial charge in [-0.3, -0.25) is 0 Å². The third-order valence-electron chi connectivity index (χ3n) is 4.04. The zero-order valence-corrected chi connectivity index (χ0v) is 11.0. The molecular formula is C14H17NO6. The highest BCUT2D eigenvalue weighted by Crippen LogP contribution is 2.40. The number of para-hydroxylation sites is 1. The summed E-state index contributed by atoms with van der Waals surface area (Å²) in [6.07, 6.45) is -4.82. The molecule has 7 heteroatoms. The Hall–Kier alpha value is -1.48. The van der Waals surface area contributed by atoms with Gasteiger partial charge in [0.05, 0.1) is 6.61 Å². The predicted octanol–water partition coefficient (Wildman–Crippen LogP) is -1.21. The highest BCUT2D eigenvalue weighted by atomic mass is 16.6. The predicted molar refractivity (Wildman–Crippen MR) is 72.2 cm³/mol. The van der Waals surface area contributed by atoms with Gasteiger partial charge in [0.25, 0.3) is 0 Å². The van der Waals surface area contributed by atoms with Crippen LogP contribution in [0.25, 0.3) is 10.9 Å². The summed E-state index contributed by atoms with van der Waals surface area (Å²) < 4.78 is 4.90. The number of hydrogen-bond donors (Lipinski definition) is 6. The van der Waals surface area contributed by atoms with Crippen molar-refractivity contribution in [3.8, 4) is 0 Å². The molecule has 0 saturated carbocycles. The zero-order chi connectivity index (χ0) is 15.2. The second-order valence-corrected chi connectivity index (χ2v) is 5.21. The number of ether oxygens (including phenoxy) is 1. The Balaban J connectivity index is 2.16. The molecule has 114 valence electrons. The maximum atomic E-state index is 10.9. The van der Waals surface area contributed by atoms with E-state index in [9.17, 15) is 25.5 Å². The average Bonchev–Trinajstić information content (AvgIpc) is 2.93. The number of aromatic amines is 1. The van der Waals surface area contributed by atoms with Crippen molar-refractivity contribution in [2.75, 3.05) is 6.61 Å². The lowest BCUT2D eigenvalue weighted by Gasteiger charge is -2.46. The topological polar surface area (TPSA) is 126 Å². The van der Waals surface area contributed by atoms with Crippen LogP contribution in [0, 0.1) is 0 Å². The smallest absolute Gasteiger partial charge is 0.184 e. The number of fused-ring (bicyclic) bond motifs is 1. The van der Waals surface area contributed by atoms with Crippen LogP contribution in [0.1, 0.15) is 5.56 Å². The Morgan fingerprint density at radius 1 is 1.14 bits per heavy atom. The monoisotopic (exact) mass is 295 g/mol. The third-order valence-corrected chi connectivity index (χ3v) is 4.04. The van der Waals surface area contributed by atoms with Crippen molar-refractivity contribution in [1.29, 1.82) is 0 Å². The first-order valence-corrected chi connectivity index (χ1v) is 6.59. The lowest BCUT2D eigenvalue weighted by Crippen LogP contribution is -2.65. The van der Waals surface area contributed by atoms with Crippen molar-refractivity contribution in [3.05, 3.63) is 36.0 Å². The molecule has 1 saturated heterocycles. The van der Waals surface area contributed by atoms with Crippen LogP contribution < -0.4 is 0 Å². The van der Waals surface area contributed by atoms with Crippen LogP contribution in [0.15, 0.2) is 30.5 Å². The van der Waals surface area contributed by atoms with E-state index in [1.54, 1.807) is 24.3 Å². The van der Waals surface area contributed by atoms with Crippen molar-refractivity contribution >= 4 is 10.9 Å². The molecule has 1 aromatic carbocycles. The van der Waals surface area contributed by atoms with Crippen LogP contribution in [0.5, 0.6) is 0 Å². The molecule has 1 aliphatic rings. The fourth-order valence-electron chi connectivity index (χ4n) is 2.87. The van der Waals surface area contributed by atoms with Crippen LogP contribution in [0.2, 0.25) is 0 Å². The largest absolute Gasteiger partial charge is 0.394 e. The van der Waals surface area contributed by atoms with Crippen molar-refractivity contribution in [1.82, 2.24) is 4.98 Å². The van der Waals surface area contributed by atoms with E-state index in [0.717, 1.165) is 0 Å². The first kappa shape index (κ1) is 14.5. The number of nitrogens with one attached hydrogen (secondary N) is 1. The average molecular weight is 295 g/mol. The molecule has 0 bridgehead atoms. The summed E-state index contributed by atoms with van der Waals surface area (Å²) in [5, 5.41) is 50.8. The fourth-order valence-corrected chi connectivity index (χ4v) is 2.87. The van der Waals surface area contributed by atoms with Crippen LogP contribution in [-0.2, 0) is 10.3 Å². The molecule has 1 aromatic heterocycles. The van der Waals surface area contributed by atoms with Crippen LogP contribution in [0.4, 0.5) is 0 Å². The highest BCUT2D eigenvalue weighted by Gasteiger charge is 2.56. The molecule has 1 fully saturated rings. The van der Waals surface area contributed by atoms with Crippen LogP contribution in [0.3, 0.4) is 0 Å². The summed E-state index contributed by atoms with van der Waals surface area (Å²) in [6, 6.07) is 7.05. The standard InChI is InChI=1S/C14H17NO6/c16-6-10-11(17)14(20,12(18)13(19)21-10)8-5-15-9-4-2-1-3-7(8)9/h1-5,10-13,15-20H,6H2/t10-,11-,12+,13+,14+/m1/s1. The summed E-state index contributed by atoms with van der Waals surface area (Å²) in [5.74, 6) is 0. The molecule has 0 aliphatic carbocycles. The minimum Gasteiger partial charge on any atom is -0.394 e. The lowest BCUT2D eigenvalue weighted by atomic mass is 9.78. The van der Waals surface area contributed by atoms with Crippen molar-refractivity contribution in [3.63, 3.8) is 0 Å². The maximum absolute atomic E-state index is 10.9. The Morgan fingerprint density at radius 3 is 2.57 bits per heavy atom. The van der Waals surface area contributed by atoms with E-state index in [1.807, 2.05) is 0 Å². The Labute approximate surface area is 120 Å². The summed E-state index contributed by atoms with van der Waals surface area (Å²) in [6.45, 7) is -0.602. The van der Waals surface area contributed by atoms with Crippen molar-refractivity contribution in [2.24, 2.45) is 0 Å². The van der Waals surface area contributed by atoms with Crippen molar-refractivity contribution in [2.45, 2.75) is 30.2 Å². The summed E-state index contributed by atoms with van der Waals surface area (Å²) in [5.41, 5.74) is -1.22. The Kier molecular flexibility index (Phi) is 3.48.